The van der Waals surface area contributed by atoms with Gasteiger partial charge in [-0.2, -0.15) is 0 Å². The monoisotopic (exact) mass is 289 g/mol. The van der Waals surface area contributed by atoms with E-state index >= 15 is 0 Å². The van der Waals surface area contributed by atoms with Crippen molar-refractivity contribution in [2.24, 2.45) is 11.1 Å². The zero-order chi connectivity index (χ0) is 15.6. The molecule has 1 fully saturated rings. The summed E-state index contributed by atoms with van der Waals surface area (Å²) in [6.45, 7) is 5.72. The third-order valence-corrected chi connectivity index (χ3v) is 3.56. The predicted molar refractivity (Wildman–Crippen MR) is 83.0 cm³/mol. The lowest BCUT2D eigenvalue weighted by atomic mass is 9.87. The number of benzene rings is 1. The molecule has 4 N–H and O–H groups in total. The van der Waals surface area contributed by atoms with E-state index in [-0.39, 0.29) is 23.3 Å². The molecule has 0 radical (unpaired) electrons. The number of para-hydroxylation sites is 1. The standard InChI is InChI=1S/C16H23N3O2/c1-16(2,3)13(17)15(21)19-12-7-5-4-6-11(12)14(20)18-10-8-9-10/h4-7,10,13H,8-9,17H2,1-3H3,(H,18,20)(H,19,21). The van der Waals surface area contributed by atoms with Crippen LogP contribution < -0.4 is 16.4 Å². The second-order valence-electron chi connectivity index (χ2n) is 6.63. The smallest absolute Gasteiger partial charge is 0.253 e. The van der Waals surface area contributed by atoms with Gasteiger partial charge < -0.3 is 16.4 Å². The summed E-state index contributed by atoms with van der Waals surface area (Å²) in [6.07, 6.45) is 2.05. The number of rotatable bonds is 4. The largest absolute Gasteiger partial charge is 0.349 e. The first kappa shape index (κ1) is 15.5. The minimum atomic E-state index is -0.642. The van der Waals surface area contributed by atoms with Crippen LogP contribution in [0.5, 0.6) is 0 Å². The molecule has 0 heterocycles. The van der Waals surface area contributed by atoms with Gasteiger partial charge in [-0.05, 0) is 30.4 Å². The van der Waals surface area contributed by atoms with Gasteiger partial charge in [-0.1, -0.05) is 32.9 Å². The molecular weight excluding hydrogens is 266 g/mol. The van der Waals surface area contributed by atoms with Crippen LogP contribution in [-0.2, 0) is 4.79 Å². The highest BCUT2D eigenvalue weighted by atomic mass is 16.2. The minimum absolute atomic E-state index is 0.155. The highest BCUT2D eigenvalue weighted by Gasteiger charge is 2.29. The van der Waals surface area contributed by atoms with Crippen LogP contribution in [0.4, 0.5) is 5.69 Å². The second kappa shape index (κ2) is 5.85. The fourth-order valence-electron chi connectivity index (χ4n) is 1.88. The van der Waals surface area contributed by atoms with E-state index in [4.69, 9.17) is 5.73 Å². The van der Waals surface area contributed by atoms with Gasteiger partial charge in [0.15, 0.2) is 0 Å². The summed E-state index contributed by atoms with van der Waals surface area (Å²) in [7, 11) is 0. The van der Waals surface area contributed by atoms with Gasteiger partial charge in [0.05, 0.1) is 17.3 Å². The van der Waals surface area contributed by atoms with Crippen LogP contribution in [0.25, 0.3) is 0 Å². The highest BCUT2D eigenvalue weighted by molar-refractivity contribution is 6.05. The Kier molecular flexibility index (Phi) is 4.32. The van der Waals surface area contributed by atoms with E-state index in [0.29, 0.717) is 11.3 Å². The first-order chi connectivity index (χ1) is 9.79. The van der Waals surface area contributed by atoms with Crippen molar-refractivity contribution in [1.29, 1.82) is 0 Å². The third-order valence-electron chi connectivity index (χ3n) is 3.56. The Hall–Kier alpha value is -1.88. The summed E-state index contributed by atoms with van der Waals surface area (Å²) in [5.41, 5.74) is 6.58. The van der Waals surface area contributed by atoms with Crippen LogP contribution in [-0.4, -0.2) is 23.9 Å². The molecule has 5 nitrogen and oxygen atoms in total. The number of nitrogens with two attached hydrogens (primary N) is 1. The number of hydrogen-bond acceptors (Lipinski definition) is 3. The Morgan fingerprint density at radius 3 is 2.43 bits per heavy atom. The normalized spacial score (nSPS) is 16.2. The van der Waals surface area contributed by atoms with Gasteiger partial charge in [0.25, 0.3) is 5.91 Å². The molecular formula is C16H23N3O2. The molecule has 2 amide bonds. The third kappa shape index (κ3) is 4.04. The van der Waals surface area contributed by atoms with Crippen molar-refractivity contribution in [2.75, 3.05) is 5.32 Å². The van der Waals surface area contributed by atoms with Gasteiger partial charge in [0.1, 0.15) is 0 Å². The van der Waals surface area contributed by atoms with Crippen LogP contribution in [0.1, 0.15) is 44.0 Å². The van der Waals surface area contributed by atoms with Crippen LogP contribution in [0, 0.1) is 5.41 Å². The Bertz CT molecular complexity index is 545. The molecule has 5 heteroatoms. The van der Waals surface area contributed by atoms with E-state index < -0.39 is 6.04 Å². The van der Waals surface area contributed by atoms with Crippen molar-refractivity contribution < 1.29 is 9.59 Å². The molecule has 1 aliphatic rings. The molecule has 114 valence electrons. The van der Waals surface area contributed by atoms with Crippen molar-refractivity contribution >= 4 is 17.5 Å². The summed E-state index contributed by atoms with van der Waals surface area (Å²) in [5.74, 6) is -0.438. The number of amides is 2. The van der Waals surface area contributed by atoms with Crippen LogP contribution in [0.15, 0.2) is 24.3 Å². The summed E-state index contributed by atoms with van der Waals surface area (Å²) in [5, 5.41) is 5.69. The fraction of sp³-hybridized carbons (Fsp3) is 0.500. The molecule has 21 heavy (non-hydrogen) atoms. The maximum Gasteiger partial charge on any atom is 0.253 e. The number of carbonyl (C=O) groups is 2. The SMILES string of the molecule is CC(C)(C)C(N)C(=O)Nc1ccccc1C(=O)NC1CC1. The molecule has 1 atom stereocenters. The van der Waals surface area contributed by atoms with Gasteiger partial charge in [-0.25, -0.2) is 0 Å². The molecule has 1 aromatic rings. The molecule has 1 unspecified atom stereocenters. The number of carbonyl (C=O) groups excluding carboxylic acids is 2. The van der Waals surface area contributed by atoms with Crippen molar-refractivity contribution in [3.63, 3.8) is 0 Å². The van der Waals surface area contributed by atoms with Crippen LogP contribution in [0.2, 0.25) is 0 Å². The Balaban J connectivity index is 2.12. The zero-order valence-electron chi connectivity index (χ0n) is 12.8. The summed E-state index contributed by atoms with van der Waals surface area (Å²) >= 11 is 0. The first-order valence-electron chi connectivity index (χ1n) is 7.25. The first-order valence-corrected chi connectivity index (χ1v) is 7.25. The van der Waals surface area contributed by atoms with E-state index in [1.807, 2.05) is 20.8 Å². The van der Waals surface area contributed by atoms with E-state index in [1.54, 1.807) is 24.3 Å². The molecule has 0 aliphatic heterocycles. The van der Waals surface area contributed by atoms with Crippen molar-refractivity contribution in [3.05, 3.63) is 29.8 Å². The van der Waals surface area contributed by atoms with Gasteiger partial charge in [-0.3, -0.25) is 9.59 Å². The lowest BCUT2D eigenvalue weighted by molar-refractivity contribution is -0.119. The van der Waals surface area contributed by atoms with Crippen LogP contribution >= 0.6 is 0 Å². The molecule has 0 spiro atoms. The molecule has 2 rings (SSSR count). The van der Waals surface area contributed by atoms with Gasteiger partial charge in [0.2, 0.25) is 5.91 Å². The number of hydrogen-bond donors (Lipinski definition) is 3. The maximum atomic E-state index is 12.2. The average molecular weight is 289 g/mol. The van der Waals surface area contributed by atoms with Crippen molar-refractivity contribution in [1.82, 2.24) is 5.32 Å². The van der Waals surface area contributed by atoms with E-state index in [0.717, 1.165) is 12.8 Å². The summed E-state index contributed by atoms with van der Waals surface area (Å²) in [6, 6.07) is 6.62. The Labute approximate surface area is 125 Å². The van der Waals surface area contributed by atoms with Crippen molar-refractivity contribution in [3.8, 4) is 0 Å². The lowest BCUT2D eigenvalue weighted by Crippen LogP contribution is -2.45. The molecule has 1 saturated carbocycles. The average Bonchev–Trinajstić information content (AvgIpc) is 3.21. The topological polar surface area (TPSA) is 84.2 Å². The molecule has 1 aliphatic carbocycles. The molecule has 1 aromatic carbocycles. The van der Waals surface area contributed by atoms with Gasteiger partial charge in [-0.15, -0.1) is 0 Å². The van der Waals surface area contributed by atoms with E-state index in [2.05, 4.69) is 10.6 Å². The quantitative estimate of drug-likeness (QED) is 0.791. The van der Waals surface area contributed by atoms with E-state index in [9.17, 15) is 9.59 Å². The molecule has 0 aromatic heterocycles. The number of nitrogens with one attached hydrogen (secondary N) is 2. The minimum Gasteiger partial charge on any atom is -0.349 e. The maximum absolute atomic E-state index is 12.2. The Morgan fingerprint density at radius 2 is 1.86 bits per heavy atom. The van der Waals surface area contributed by atoms with Crippen LogP contribution in [0.3, 0.4) is 0 Å². The fourth-order valence-corrected chi connectivity index (χ4v) is 1.88. The zero-order valence-corrected chi connectivity index (χ0v) is 12.8. The number of anilines is 1. The van der Waals surface area contributed by atoms with Gasteiger partial charge >= 0.3 is 0 Å². The lowest BCUT2D eigenvalue weighted by Gasteiger charge is -2.26. The second-order valence-corrected chi connectivity index (χ2v) is 6.63. The van der Waals surface area contributed by atoms with E-state index in [1.165, 1.54) is 0 Å². The summed E-state index contributed by atoms with van der Waals surface area (Å²) in [4.78, 5) is 24.4. The highest BCUT2D eigenvalue weighted by Crippen LogP contribution is 2.23. The summed E-state index contributed by atoms with van der Waals surface area (Å²) < 4.78 is 0. The molecule has 0 saturated heterocycles. The molecule has 0 bridgehead atoms. The predicted octanol–water partition coefficient (Wildman–Crippen LogP) is 1.89. The van der Waals surface area contributed by atoms with Crippen molar-refractivity contribution in [2.45, 2.75) is 45.7 Å². The Morgan fingerprint density at radius 1 is 1.24 bits per heavy atom. The van der Waals surface area contributed by atoms with Gasteiger partial charge in [0, 0.05) is 6.04 Å².